The second-order valence-electron chi connectivity index (χ2n) is 2.79. The fourth-order valence-electron chi connectivity index (χ4n) is 1.04. The Morgan fingerprint density at radius 2 is 2.33 bits per heavy atom. The molecule has 1 N–H and O–H groups in total. The van der Waals surface area contributed by atoms with E-state index in [1.165, 1.54) is 11.8 Å². The smallest absolute Gasteiger partial charge is 0.196 e. The summed E-state index contributed by atoms with van der Waals surface area (Å²) >= 11 is 1.30. The van der Waals surface area contributed by atoms with Gasteiger partial charge in [-0.2, -0.15) is 5.26 Å². The van der Waals surface area contributed by atoms with Crippen molar-refractivity contribution in [3.63, 3.8) is 0 Å². The van der Waals surface area contributed by atoms with Crippen LogP contribution in [-0.2, 0) is 0 Å². The van der Waals surface area contributed by atoms with E-state index < -0.39 is 0 Å². The van der Waals surface area contributed by atoms with Crippen LogP contribution in [0.2, 0.25) is 0 Å². The van der Waals surface area contributed by atoms with Crippen LogP contribution in [0.4, 0.5) is 0 Å². The first-order valence-electron chi connectivity index (χ1n) is 4.21. The van der Waals surface area contributed by atoms with Crippen molar-refractivity contribution >= 4 is 11.8 Å². The lowest BCUT2D eigenvalue weighted by Crippen LogP contribution is -1.93. The molecule has 0 aromatic carbocycles. The quantitative estimate of drug-likeness (QED) is 0.772. The molecule has 0 radical (unpaired) electrons. The minimum atomic E-state index is 0.372. The Morgan fingerprint density at radius 3 is 3.00 bits per heavy atom. The van der Waals surface area contributed by atoms with Crippen LogP contribution in [0.1, 0.15) is 11.4 Å². The molecule has 0 amide bonds. The van der Waals surface area contributed by atoms with E-state index in [1.807, 2.05) is 13.0 Å². The summed E-state index contributed by atoms with van der Waals surface area (Å²) < 4.78 is 0. The summed E-state index contributed by atoms with van der Waals surface area (Å²) in [6, 6.07) is 3.64. The van der Waals surface area contributed by atoms with Gasteiger partial charge in [0.25, 0.3) is 0 Å². The Bertz CT molecular complexity index is 500. The minimum absolute atomic E-state index is 0.372. The molecule has 2 heterocycles. The van der Waals surface area contributed by atoms with Gasteiger partial charge in [-0.25, -0.2) is 15.0 Å². The van der Waals surface area contributed by atoms with Gasteiger partial charge in [-0.1, -0.05) is 0 Å². The number of aromatic nitrogens is 4. The molecular weight excluding hydrogens is 210 g/mol. The van der Waals surface area contributed by atoms with Crippen molar-refractivity contribution in [2.45, 2.75) is 17.2 Å². The van der Waals surface area contributed by atoms with Crippen LogP contribution >= 0.6 is 11.8 Å². The molecule has 0 saturated carbocycles. The van der Waals surface area contributed by atoms with Crippen molar-refractivity contribution in [1.82, 2.24) is 19.9 Å². The lowest BCUT2D eigenvalue weighted by Gasteiger charge is -1.98. The molecule has 6 heteroatoms. The van der Waals surface area contributed by atoms with Gasteiger partial charge in [0, 0.05) is 18.1 Å². The maximum atomic E-state index is 8.74. The normalized spacial score (nSPS) is 9.87. The number of nitriles is 1. The van der Waals surface area contributed by atoms with Crippen molar-refractivity contribution in [2.24, 2.45) is 0 Å². The van der Waals surface area contributed by atoms with Gasteiger partial charge in [-0.05, 0) is 24.8 Å². The van der Waals surface area contributed by atoms with Crippen molar-refractivity contribution in [1.29, 1.82) is 5.26 Å². The molecule has 0 atom stereocenters. The maximum Gasteiger partial charge on any atom is 0.196 e. The van der Waals surface area contributed by atoms with E-state index >= 15 is 0 Å². The number of imidazole rings is 1. The van der Waals surface area contributed by atoms with Crippen LogP contribution < -0.4 is 0 Å². The van der Waals surface area contributed by atoms with Gasteiger partial charge in [0.1, 0.15) is 11.8 Å². The van der Waals surface area contributed by atoms with Gasteiger partial charge in [0.05, 0.1) is 0 Å². The second kappa shape index (κ2) is 4.11. The first-order chi connectivity index (χ1) is 7.28. The summed E-state index contributed by atoms with van der Waals surface area (Å²) in [4.78, 5) is 15.2. The lowest BCUT2D eigenvalue weighted by molar-refractivity contribution is 0.910. The summed E-state index contributed by atoms with van der Waals surface area (Å²) in [6.07, 6.45) is 3.38. The van der Waals surface area contributed by atoms with Crippen LogP contribution in [0.25, 0.3) is 0 Å². The molecule has 2 aromatic heterocycles. The highest BCUT2D eigenvalue weighted by atomic mass is 32.2. The Hall–Kier alpha value is -1.87. The van der Waals surface area contributed by atoms with E-state index in [0.29, 0.717) is 16.0 Å². The molecular formula is C9H7N5S. The van der Waals surface area contributed by atoms with Gasteiger partial charge in [-0.3, -0.25) is 0 Å². The van der Waals surface area contributed by atoms with Crippen molar-refractivity contribution in [3.8, 4) is 6.07 Å². The summed E-state index contributed by atoms with van der Waals surface area (Å²) in [5, 5.41) is 9.98. The second-order valence-corrected chi connectivity index (χ2v) is 3.74. The van der Waals surface area contributed by atoms with E-state index in [2.05, 4.69) is 19.9 Å². The van der Waals surface area contributed by atoms with Crippen LogP contribution in [0, 0.1) is 18.3 Å². The predicted molar refractivity (Wildman–Crippen MR) is 54.2 cm³/mol. The van der Waals surface area contributed by atoms with Gasteiger partial charge < -0.3 is 4.98 Å². The zero-order valence-electron chi connectivity index (χ0n) is 7.93. The third kappa shape index (κ3) is 2.33. The largest absolute Gasteiger partial charge is 0.339 e. The molecule has 0 spiro atoms. The zero-order valence-corrected chi connectivity index (χ0v) is 8.75. The van der Waals surface area contributed by atoms with Crippen molar-refractivity contribution in [2.75, 3.05) is 0 Å². The first kappa shape index (κ1) is 9.68. The highest BCUT2D eigenvalue weighted by molar-refractivity contribution is 7.99. The molecule has 0 aliphatic heterocycles. The van der Waals surface area contributed by atoms with Crippen molar-refractivity contribution < 1.29 is 0 Å². The van der Waals surface area contributed by atoms with E-state index in [1.54, 1.807) is 18.5 Å². The van der Waals surface area contributed by atoms with Gasteiger partial charge in [0.2, 0.25) is 0 Å². The standard InChI is InChI=1S/C9H7N5S/c1-6-4-7(5-10)14-9(13-6)15-8-11-2-3-12-8/h2-4H,1H3,(H,11,12). The topological polar surface area (TPSA) is 78.2 Å². The fraction of sp³-hybridized carbons (Fsp3) is 0.111. The number of nitrogens with zero attached hydrogens (tertiary/aromatic N) is 4. The van der Waals surface area contributed by atoms with Crippen LogP contribution in [0.15, 0.2) is 28.8 Å². The first-order valence-corrected chi connectivity index (χ1v) is 5.02. The van der Waals surface area contributed by atoms with E-state index in [0.717, 1.165) is 5.69 Å². The molecule has 5 nitrogen and oxygen atoms in total. The third-order valence-corrected chi connectivity index (χ3v) is 2.39. The summed E-state index contributed by atoms with van der Waals surface area (Å²) in [6.45, 7) is 1.83. The molecule has 2 aromatic rings. The summed E-state index contributed by atoms with van der Waals surface area (Å²) in [7, 11) is 0. The lowest BCUT2D eigenvalue weighted by atomic mass is 10.4. The number of nitrogens with one attached hydrogen (secondary N) is 1. The number of aromatic amines is 1. The Kier molecular flexibility index (Phi) is 2.65. The van der Waals surface area contributed by atoms with E-state index in [9.17, 15) is 0 Å². The van der Waals surface area contributed by atoms with Crippen molar-refractivity contribution in [3.05, 3.63) is 29.8 Å². The number of hydrogen-bond acceptors (Lipinski definition) is 5. The van der Waals surface area contributed by atoms with Crippen LogP contribution in [-0.4, -0.2) is 19.9 Å². The number of rotatable bonds is 2. The molecule has 0 aliphatic rings. The summed E-state index contributed by atoms with van der Waals surface area (Å²) in [5.74, 6) is 0. The molecule has 74 valence electrons. The molecule has 2 rings (SSSR count). The third-order valence-electron chi connectivity index (χ3n) is 1.61. The molecule has 0 saturated heterocycles. The van der Waals surface area contributed by atoms with Gasteiger partial charge in [-0.15, -0.1) is 0 Å². The predicted octanol–water partition coefficient (Wildman–Crippen LogP) is 1.53. The Morgan fingerprint density at radius 1 is 1.47 bits per heavy atom. The van der Waals surface area contributed by atoms with E-state index in [-0.39, 0.29) is 0 Å². The van der Waals surface area contributed by atoms with E-state index in [4.69, 9.17) is 5.26 Å². The van der Waals surface area contributed by atoms with Crippen LogP contribution in [0.5, 0.6) is 0 Å². The average molecular weight is 217 g/mol. The fourth-order valence-corrected chi connectivity index (χ4v) is 1.78. The number of hydrogen-bond donors (Lipinski definition) is 1. The average Bonchev–Trinajstić information content (AvgIpc) is 2.69. The van der Waals surface area contributed by atoms with Gasteiger partial charge >= 0.3 is 0 Å². The highest BCUT2D eigenvalue weighted by Gasteiger charge is 2.05. The molecule has 15 heavy (non-hydrogen) atoms. The maximum absolute atomic E-state index is 8.74. The highest BCUT2D eigenvalue weighted by Crippen LogP contribution is 2.20. The Labute approximate surface area is 90.6 Å². The zero-order chi connectivity index (χ0) is 10.7. The number of aryl methyl sites for hydroxylation is 1. The van der Waals surface area contributed by atoms with Crippen LogP contribution in [0.3, 0.4) is 0 Å². The number of H-pyrrole nitrogens is 1. The summed E-state index contributed by atoms with van der Waals surface area (Å²) in [5.41, 5.74) is 1.15. The van der Waals surface area contributed by atoms with Gasteiger partial charge in [0.15, 0.2) is 10.3 Å². The Balaban J connectivity index is 2.29. The molecule has 0 unspecified atom stereocenters. The monoisotopic (exact) mass is 217 g/mol. The molecule has 0 fully saturated rings. The molecule has 0 aliphatic carbocycles. The SMILES string of the molecule is Cc1cc(C#N)nc(Sc2ncc[nH]2)n1. The molecule has 0 bridgehead atoms. The minimum Gasteiger partial charge on any atom is -0.339 e.